The predicted octanol–water partition coefficient (Wildman–Crippen LogP) is 1.69. The molecule has 0 aromatic carbocycles. The number of likely N-dealkylation sites (tertiary alicyclic amines) is 2. The van der Waals surface area contributed by atoms with Crippen LogP contribution >= 0.6 is 0 Å². The van der Waals surface area contributed by atoms with Crippen molar-refractivity contribution >= 4 is 5.97 Å². The molecule has 24 heavy (non-hydrogen) atoms. The fourth-order valence-corrected chi connectivity index (χ4v) is 4.21. The van der Waals surface area contributed by atoms with Crippen LogP contribution in [0.5, 0.6) is 0 Å². The molecule has 0 aliphatic carbocycles. The molecule has 126 valence electrons. The Balaban J connectivity index is 1.46. The Morgan fingerprint density at radius 3 is 2.54 bits per heavy atom. The number of pyridine rings is 1. The van der Waals surface area contributed by atoms with E-state index in [0.717, 1.165) is 37.3 Å². The van der Waals surface area contributed by atoms with Gasteiger partial charge in [-0.2, -0.15) is 0 Å². The Hall–Kier alpha value is -2.18. The standard InChI is InChI=1S/C18H21N3O3/c22-17(23)18-12-20(7-14-2-1-4-19-6-14)9-16(18)10-21(13-18)8-15-3-5-24-11-15/h1-6,11,16H,7-10,12-13H2,(H,22,23)/t16-,18-/m0/s1. The summed E-state index contributed by atoms with van der Waals surface area (Å²) in [4.78, 5) is 20.7. The molecular formula is C18H21N3O3. The number of carbonyl (C=O) groups is 1. The Bertz CT molecular complexity index is 704. The molecule has 0 bridgehead atoms. The van der Waals surface area contributed by atoms with Crippen molar-refractivity contribution in [2.24, 2.45) is 11.3 Å². The topological polar surface area (TPSA) is 69.8 Å². The first-order valence-corrected chi connectivity index (χ1v) is 8.24. The smallest absolute Gasteiger partial charge is 0.312 e. The summed E-state index contributed by atoms with van der Waals surface area (Å²) in [6.07, 6.45) is 7.01. The van der Waals surface area contributed by atoms with Crippen LogP contribution in [-0.2, 0) is 17.9 Å². The molecular weight excluding hydrogens is 306 g/mol. The average molecular weight is 327 g/mol. The van der Waals surface area contributed by atoms with E-state index in [4.69, 9.17) is 4.42 Å². The maximum absolute atomic E-state index is 12.1. The zero-order chi connectivity index (χ0) is 16.6. The molecule has 2 saturated heterocycles. The second-order valence-electron chi connectivity index (χ2n) is 6.99. The molecule has 4 heterocycles. The first-order chi connectivity index (χ1) is 11.7. The minimum absolute atomic E-state index is 0.165. The third-order valence-corrected chi connectivity index (χ3v) is 5.29. The molecule has 6 nitrogen and oxygen atoms in total. The van der Waals surface area contributed by atoms with Gasteiger partial charge in [0, 0.05) is 63.1 Å². The molecule has 2 aromatic rings. The minimum atomic E-state index is -0.670. The summed E-state index contributed by atoms with van der Waals surface area (Å²) in [5, 5.41) is 9.92. The zero-order valence-electron chi connectivity index (χ0n) is 13.5. The highest BCUT2D eigenvalue weighted by Crippen LogP contribution is 2.43. The van der Waals surface area contributed by atoms with E-state index in [-0.39, 0.29) is 5.92 Å². The van der Waals surface area contributed by atoms with Crippen molar-refractivity contribution in [3.63, 3.8) is 0 Å². The van der Waals surface area contributed by atoms with Crippen LogP contribution < -0.4 is 0 Å². The molecule has 4 rings (SSSR count). The number of nitrogens with zero attached hydrogens (tertiary/aromatic N) is 3. The molecule has 2 aromatic heterocycles. The molecule has 2 aliphatic heterocycles. The highest BCUT2D eigenvalue weighted by atomic mass is 16.4. The fourth-order valence-electron chi connectivity index (χ4n) is 4.21. The van der Waals surface area contributed by atoms with Crippen molar-refractivity contribution in [1.29, 1.82) is 0 Å². The van der Waals surface area contributed by atoms with Crippen LogP contribution in [0.2, 0.25) is 0 Å². The lowest BCUT2D eigenvalue weighted by Gasteiger charge is -2.25. The maximum atomic E-state index is 12.1. The van der Waals surface area contributed by atoms with E-state index in [9.17, 15) is 9.90 Å². The van der Waals surface area contributed by atoms with Gasteiger partial charge in [0.2, 0.25) is 0 Å². The first kappa shape index (κ1) is 15.4. The number of fused-ring (bicyclic) bond motifs is 1. The number of aromatic nitrogens is 1. The summed E-state index contributed by atoms with van der Waals surface area (Å²) >= 11 is 0. The van der Waals surface area contributed by atoms with Gasteiger partial charge in [-0.25, -0.2) is 0 Å². The van der Waals surface area contributed by atoms with Crippen LogP contribution in [0.4, 0.5) is 0 Å². The number of aliphatic carboxylic acids is 1. The third-order valence-electron chi connectivity index (χ3n) is 5.29. The predicted molar refractivity (Wildman–Crippen MR) is 87.1 cm³/mol. The zero-order valence-corrected chi connectivity index (χ0v) is 13.5. The molecule has 0 radical (unpaired) electrons. The van der Waals surface area contributed by atoms with Gasteiger partial charge in [-0.15, -0.1) is 0 Å². The lowest BCUT2D eigenvalue weighted by Crippen LogP contribution is -2.40. The van der Waals surface area contributed by atoms with Gasteiger partial charge >= 0.3 is 5.97 Å². The Morgan fingerprint density at radius 1 is 1.25 bits per heavy atom. The Kier molecular flexibility index (Phi) is 3.86. The van der Waals surface area contributed by atoms with Crippen molar-refractivity contribution < 1.29 is 14.3 Å². The highest BCUT2D eigenvalue weighted by Gasteiger charge is 2.57. The molecule has 0 saturated carbocycles. The van der Waals surface area contributed by atoms with Gasteiger partial charge in [-0.3, -0.25) is 19.6 Å². The molecule has 1 N–H and O–H groups in total. The van der Waals surface area contributed by atoms with E-state index < -0.39 is 11.4 Å². The first-order valence-electron chi connectivity index (χ1n) is 8.24. The SMILES string of the molecule is O=C(O)[C@]12CN(Cc3cccnc3)C[C@H]1CN(Cc1ccoc1)C2. The van der Waals surface area contributed by atoms with E-state index in [1.807, 2.05) is 24.4 Å². The number of carboxylic acids is 1. The van der Waals surface area contributed by atoms with E-state index in [0.29, 0.717) is 13.1 Å². The summed E-state index contributed by atoms with van der Waals surface area (Å²) in [6, 6.07) is 5.90. The Morgan fingerprint density at radius 2 is 2.00 bits per heavy atom. The monoisotopic (exact) mass is 327 g/mol. The number of carboxylic acid groups (broad SMARTS) is 1. The number of furan rings is 1. The van der Waals surface area contributed by atoms with Gasteiger partial charge in [-0.05, 0) is 17.7 Å². The quantitative estimate of drug-likeness (QED) is 0.901. The lowest BCUT2D eigenvalue weighted by atomic mass is 9.81. The van der Waals surface area contributed by atoms with E-state index >= 15 is 0 Å². The van der Waals surface area contributed by atoms with Crippen molar-refractivity contribution in [1.82, 2.24) is 14.8 Å². The normalized spacial score (nSPS) is 27.4. The average Bonchev–Trinajstić information content (AvgIpc) is 3.24. The van der Waals surface area contributed by atoms with Crippen LogP contribution in [0, 0.1) is 11.3 Å². The second-order valence-corrected chi connectivity index (χ2v) is 6.99. The number of rotatable bonds is 5. The van der Waals surface area contributed by atoms with Gasteiger partial charge in [-0.1, -0.05) is 6.07 Å². The minimum Gasteiger partial charge on any atom is -0.481 e. The van der Waals surface area contributed by atoms with E-state index in [1.165, 1.54) is 0 Å². The summed E-state index contributed by atoms with van der Waals surface area (Å²) in [7, 11) is 0. The van der Waals surface area contributed by atoms with Gasteiger partial charge in [0.15, 0.2) is 0 Å². The molecule has 2 fully saturated rings. The van der Waals surface area contributed by atoms with Gasteiger partial charge in [0.1, 0.15) is 0 Å². The second kappa shape index (κ2) is 6.03. The number of hydrogen-bond donors (Lipinski definition) is 1. The summed E-state index contributed by atoms with van der Waals surface area (Å²) in [5.41, 5.74) is 1.57. The third kappa shape index (κ3) is 2.72. The molecule has 2 atom stereocenters. The maximum Gasteiger partial charge on any atom is 0.312 e. The number of hydrogen-bond acceptors (Lipinski definition) is 5. The molecule has 2 aliphatic rings. The fraction of sp³-hybridized carbons (Fsp3) is 0.444. The molecule has 6 heteroatoms. The van der Waals surface area contributed by atoms with Gasteiger partial charge < -0.3 is 9.52 Å². The van der Waals surface area contributed by atoms with Gasteiger partial charge in [0.25, 0.3) is 0 Å². The molecule has 0 unspecified atom stereocenters. The van der Waals surface area contributed by atoms with Crippen LogP contribution in [0.15, 0.2) is 47.5 Å². The Labute approximate surface area is 140 Å². The van der Waals surface area contributed by atoms with Crippen molar-refractivity contribution in [2.75, 3.05) is 26.2 Å². The molecule has 0 amide bonds. The van der Waals surface area contributed by atoms with Crippen molar-refractivity contribution in [3.8, 4) is 0 Å². The summed E-state index contributed by atoms with van der Waals surface area (Å²) in [6.45, 7) is 4.36. The van der Waals surface area contributed by atoms with Crippen LogP contribution in [0.3, 0.4) is 0 Å². The largest absolute Gasteiger partial charge is 0.481 e. The van der Waals surface area contributed by atoms with E-state index in [2.05, 4.69) is 14.8 Å². The van der Waals surface area contributed by atoms with Crippen molar-refractivity contribution in [3.05, 3.63) is 54.2 Å². The van der Waals surface area contributed by atoms with E-state index in [1.54, 1.807) is 18.7 Å². The van der Waals surface area contributed by atoms with Gasteiger partial charge in [0.05, 0.1) is 17.9 Å². The van der Waals surface area contributed by atoms with Crippen LogP contribution in [0.25, 0.3) is 0 Å². The van der Waals surface area contributed by atoms with Crippen molar-refractivity contribution in [2.45, 2.75) is 13.1 Å². The summed E-state index contributed by atoms with van der Waals surface area (Å²) < 4.78 is 5.12. The molecule has 0 spiro atoms. The van der Waals surface area contributed by atoms with Crippen LogP contribution in [0.1, 0.15) is 11.1 Å². The summed E-state index contributed by atoms with van der Waals surface area (Å²) in [5.74, 6) is -0.505. The van der Waals surface area contributed by atoms with Crippen LogP contribution in [-0.4, -0.2) is 52.0 Å². The highest BCUT2D eigenvalue weighted by molar-refractivity contribution is 5.77. The lowest BCUT2D eigenvalue weighted by molar-refractivity contribution is -0.149.